The van der Waals surface area contributed by atoms with Crippen molar-refractivity contribution in [1.82, 2.24) is 20.1 Å². The van der Waals surface area contributed by atoms with Crippen molar-refractivity contribution in [2.45, 2.75) is 19.8 Å². The minimum Gasteiger partial charge on any atom is -0.355 e. The summed E-state index contributed by atoms with van der Waals surface area (Å²) in [6, 6.07) is 0. The van der Waals surface area contributed by atoms with Crippen LogP contribution < -0.4 is 10.6 Å². The second kappa shape index (κ2) is 9.59. The minimum absolute atomic E-state index is 0.0364. The highest BCUT2D eigenvalue weighted by molar-refractivity contribution is 7.13. The molecule has 1 saturated heterocycles. The molecule has 0 spiro atoms. The summed E-state index contributed by atoms with van der Waals surface area (Å²) in [5.41, 5.74) is 0. The number of amides is 2. The van der Waals surface area contributed by atoms with E-state index >= 15 is 0 Å². The van der Waals surface area contributed by atoms with Gasteiger partial charge in [0.15, 0.2) is 5.13 Å². The molecule has 0 radical (unpaired) electrons. The molecule has 2 amide bonds. The van der Waals surface area contributed by atoms with Crippen LogP contribution in [-0.4, -0.2) is 72.4 Å². The van der Waals surface area contributed by atoms with Crippen molar-refractivity contribution in [3.8, 4) is 0 Å². The fourth-order valence-corrected chi connectivity index (χ4v) is 2.96. The predicted molar refractivity (Wildman–Crippen MR) is 91.5 cm³/mol. The van der Waals surface area contributed by atoms with Gasteiger partial charge in [-0.1, -0.05) is 13.3 Å². The summed E-state index contributed by atoms with van der Waals surface area (Å²) in [5.74, 6) is 0.0547. The van der Waals surface area contributed by atoms with Gasteiger partial charge in [0.25, 0.3) is 0 Å². The van der Waals surface area contributed by atoms with Crippen LogP contribution in [0.1, 0.15) is 19.8 Å². The first-order valence-electron chi connectivity index (χ1n) is 8.08. The lowest BCUT2D eigenvalue weighted by molar-refractivity contribution is -0.123. The Labute approximate surface area is 141 Å². The highest BCUT2D eigenvalue weighted by Gasteiger charge is 2.20. The average molecular weight is 339 g/mol. The number of nitrogens with one attached hydrogen (secondary N) is 2. The number of unbranched alkanes of at least 4 members (excludes halogenated alkanes) is 1. The standard InChI is InChI=1S/C15H25N5O2S/c1-2-3-4-16-13(21)11-19-6-8-20(9-7-19)12-14(22)18-15-17-5-10-23-15/h5,10H,2-4,6-9,11-12H2,1H3,(H,16,21)(H,17,18,22). The first-order valence-corrected chi connectivity index (χ1v) is 8.96. The Morgan fingerprint density at radius 1 is 1.17 bits per heavy atom. The smallest absolute Gasteiger partial charge is 0.240 e. The quantitative estimate of drug-likeness (QED) is 0.679. The third kappa shape index (κ3) is 6.64. The summed E-state index contributed by atoms with van der Waals surface area (Å²) in [7, 11) is 0. The Kier molecular flexibility index (Phi) is 7.44. The van der Waals surface area contributed by atoms with Crippen molar-refractivity contribution in [3.63, 3.8) is 0 Å². The highest BCUT2D eigenvalue weighted by atomic mass is 32.1. The van der Waals surface area contributed by atoms with Crippen LogP contribution in [0.5, 0.6) is 0 Å². The van der Waals surface area contributed by atoms with Crippen LogP contribution in [0.15, 0.2) is 11.6 Å². The maximum absolute atomic E-state index is 11.9. The van der Waals surface area contributed by atoms with E-state index in [1.54, 1.807) is 6.20 Å². The number of carbonyl (C=O) groups is 2. The van der Waals surface area contributed by atoms with E-state index in [0.29, 0.717) is 18.2 Å². The average Bonchev–Trinajstić information content (AvgIpc) is 3.02. The third-order valence-electron chi connectivity index (χ3n) is 3.73. The van der Waals surface area contributed by atoms with E-state index < -0.39 is 0 Å². The van der Waals surface area contributed by atoms with Gasteiger partial charge in [-0.2, -0.15) is 0 Å². The maximum atomic E-state index is 11.9. The van der Waals surface area contributed by atoms with Crippen LogP contribution in [0, 0.1) is 0 Å². The van der Waals surface area contributed by atoms with Crippen molar-refractivity contribution < 1.29 is 9.59 Å². The van der Waals surface area contributed by atoms with Gasteiger partial charge in [-0.05, 0) is 6.42 Å². The summed E-state index contributed by atoms with van der Waals surface area (Å²) < 4.78 is 0. The number of nitrogens with zero attached hydrogens (tertiary/aromatic N) is 3. The second-order valence-corrected chi connectivity index (χ2v) is 6.54. The van der Waals surface area contributed by atoms with E-state index in [2.05, 4.69) is 32.3 Å². The lowest BCUT2D eigenvalue weighted by Gasteiger charge is -2.33. The molecular formula is C15H25N5O2S. The van der Waals surface area contributed by atoms with Gasteiger partial charge >= 0.3 is 0 Å². The van der Waals surface area contributed by atoms with E-state index in [4.69, 9.17) is 0 Å². The summed E-state index contributed by atoms with van der Waals surface area (Å²) in [4.78, 5) is 32.0. The van der Waals surface area contributed by atoms with Crippen LogP contribution >= 0.6 is 11.3 Å². The molecule has 0 aliphatic carbocycles. The van der Waals surface area contributed by atoms with Crippen molar-refractivity contribution in [2.75, 3.05) is 51.1 Å². The van der Waals surface area contributed by atoms with E-state index in [1.165, 1.54) is 11.3 Å². The van der Waals surface area contributed by atoms with Crippen LogP contribution in [0.4, 0.5) is 5.13 Å². The van der Waals surface area contributed by atoms with Gasteiger partial charge in [0.05, 0.1) is 13.1 Å². The number of aromatic nitrogens is 1. The summed E-state index contributed by atoms with van der Waals surface area (Å²) in [5, 5.41) is 8.20. The molecule has 0 aromatic carbocycles. The Hall–Kier alpha value is -1.51. The molecule has 2 rings (SSSR count). The molecule has 2 heterocycles. The molecule has 8 heteroatoms. The minimum atomic E-state index is -0.0364. The van der Waals surface area contributed by atoms with Crippen LogP contribution in [0.3, 0.4) is 0 Å². The van der Waals surface area contributed by atoms with Crippen LogP contribution in [0.25, 0.3) is 0 Å². The molecule has 0 unspecified atom stereocenters. The van der Waals surface area contributed by atoms with Crippen molar-refractivity contribution in [3.05, 3.63) is 11.6 Å². The number of rotatable bonds is 8. The number of piperazine rings is 1. The molecule has 0 bridgehead atoms. The SMILES string of the molecule is CCCCNC(=O)CN1CCN(CC(=O)Nc2nccs2)CC1. The normalized spacial score (nSPS) is 16.2. The summed E-state index contributed by atoms with van der Waals surface area (Å²) in [6.45, 7) is 6.90. The fraction of sp³-hybridized carbons (Fsp3) is 0.667. The third-order valence-corrected chi connectivity index (χ3v) is 4.42. The monoisotopic (exact) mass is 339 g/mol. The Balaban J connectivity index is 1.61. The van der Waals surface area contributed by atoms with Gasteiger partial charge in [0, 0.05) is 44.3 Å². The van der Waals surface area contributed by atoms with Gasteiger partial charge in [0.1, 0.15) is 0 Å². The van der Waals surface area contributed by atoms with E-state index in [1.807, 2.05) is 5.38 Å². The Bertz CT molecular complexity index is 486. The molecule has 1 aliphatic rings. The summed E-state index contributed by atoms with van der Waals surface area (Å²) >= 11 is 1.41. The highest BCUT2D eigenvalue weighted by Crippen LogP contribution is 2.10. The second-order valence-electron chi connectivity index (χ2n) is 5.64. The van der Waals surface area contributed by atoms with Gasteiger partial charge < -0.3 is 10.6 Å². The largest absolute Gasteiger partial charge is 0.355 e. The molecule has 1 aliphatic heterocycles. The predicted octanol–water partition coefficient (Wildman–Crippen LogP) is 0.616. The van der Waals surface area contributed by atoms with Gasteiger partial charge in [-0.15, -0.1) is 11.3 Å². The number of anilines is 1. The van der Waals surface area contributed by atoms with Crippen molar-refractivity contribution >= 4 is 28.3 Å². The molecule has 1 aromatic rings. The number of hydrogen-bond acceptors (Lipinski definition) is 6. The first kappa shape index (κ1) is 17.8. The molecule has 1 fully saturated rings. The lowest BCUT2D eigenvalue weighted by Crippen LogP contribution is -2.51. The Morgan fingerprint density at radius 2 is 1.83 bits per heavy atom. The van der Waals surface area contributed by atoms with E-state index in [9.17, 15) is 9.59 Å². The molecular weight excluding hydrogens is 314 g/mol. The summed E-state index contributed by atoms with van der Waals surface area (Å²) in [6.07, 6.45) is 3.78. The molecule has 7 nitrogen and oxygen atoms in total. The van der Waals surface area contributed by atoms with Crippen molar-refractivity contribution in [1.29, 1.82) is 0 Å². The number of carbonyl (C=O) groups excluding carboxylic acids is 2. The Morgan fingerprint density at radius 3 is 2.39 bits per heavy atom. The zero-order valence-corrected chi connectivity index (χ0v) is 14.4. The van der Waals surface area contributed by atoms with Crippen LogP contribution in [0.2, 0.25) is 0 Å². The lowest BCUT2D eigenvalue weighted by atomic mass is 10.3. The fourth-order valence-electron chi connectivity index (χ4n) is 2.42. The van der Waals surface area contributed by atoms with Gasteiger partial charge in [0.2, 0.25) is 11.8 Å². The van der Waals surface area contributed by atoms with Gasteiger partial charge in [-0.25, -0.2) is 4.98 Å². The van der Waals surface area contributed by atoms with Crippen LogP contribution in [-0.2, 0) is 9.59 Å². The molecule has 0 atom stereocenters. The topological polar surface area (TPSA) is 77.6 Å². The molecule has 23 heavy (non-hydrogen) atoms. The number of hydrogen-bond donors (Lipinski definition) is 2. The first-order chi connectivity index (χ1) is 11.2. The zero-order valence-electron chi connectivity index (χ0n) is 13.6. The molecule has 2 N–H and O–H groups in total. The van der Waals surface area contributed by atoms with E-state index in [-0.39, 0.29) is 11.8 Å². The van der Waals surface area contributed by atoms with Gasteiger partial charge in [-0.3, -0.25) is 19.4 Å². The zero-order chi connectivity index (χ0) is 16.5. The number of thiazole rings is 1. The molecule has 128 valence electrons. The maximum Gasteiger partial charge on any atom is 0.240 e. The molecule has 1 aromatic heterocycles. The van der Waals surface area contributed by atoms with E-state index in [0.717, 1.165) is 45.6 Å². The molecule has 0 saturated carbocycles. The van der Waals surface area contributed by atoms with Crippen molar-refractivity contribution in [2.24, 2.45) is 0 Å².